The second-order valence-electron chi connectivity index (χ2n) is 3.88. The monoisotopic (exact) mass is 248 g/mol. The molecule has 2 aromatic rings. The van der Waals surface area contributed by atoms with Gasteiger partial charge in [0, 0.05) is 24.0 Å². The first-order chi connectivity index (χ1) is 8.74. The van der Waals surface area contributed by atoms with Gasteiger partial charge in [-0.05, 0) is 12.1 Å². The predicted molar refractivity (Wildman–Crippen MR) is 66.7 cm³/mol. The molecule has 2 rings (SSSR count). The molecule has 96 valence electrons. The van der Waals surface area contributed by atoms with Crippen molar-refractivity contribution in [3.63, 3.8) is 0 Å². The summed E-state index contributed by atoms with van der Waals surface area (Å²) in [5, 5.41) is 10.2. The van der Waals surface area contributed by atoms with Crippen LogP contribution in [0.25, 0.3) is 0 Å². The van der Waals surface area contributed by atoms with Crippen molar-refractivity contribution in [2.24, 2.45) is 0 Å². The summed E-state index contributed by atoms with van der Waals surface area (Å²) in [4.78, 5) is 3.94. The molecular formula is C13H16N2O3. The Bertz CT molecular complexity index is 497. The predicted octanol–water partition coefficient (Wildman–Crippen LogP) is 1.63. The van der Waals surface area contributed by atoms with Crippen LogP contribution in [0.4, 0.5) is 0 Å². The summed E-state index contributed by atoms with van der Waals surface area (Å²) in [6.07, 6.45) is 4.50. The minimum absolute atomic E-state index is 0.433. The molecule has 18 heavy (non-hydrogen) atoms. The molecule has 0 spiro atoms. The highest BCUT2D eigenvalue weighted by molar-refractivity contribution is 5.41. The van der Waals surface area contributed by atoms with E-state index in [1.54, 1.807) is 51.1 Å². The van der Waals surface area contributed by atoms with Crippen LogP contribution in [0.3, 0.4) is 0 Å². The maximum atomic E-state index is 10.2. The fourth-order valence-electron chi connectivity index (χ4n) is 1.79. The van der Waals surface area contributed by atoms with E-state index in [9.17, 15) is 5.11 Å². The molecule has 0 bridgehead atoms. The number of hydrogen-bond donors (Lipinski definition) is 1. The number of methoxy groups -OCH3 is 2. The molecule has 5 nitrogen and oxygen atoms in total. The largest absolute Gasteiger partial charge is 0.497 e. The van der Waals surface area contributed by atoms with Gasteiger partial charge >= 0.3 is 0 Å². The summed E-state index contributed by atoms with van der Waals surface area (Å²) in [6, 6.07) is 5.36. The summed E-state index contributed by atoms with van der Waals surface area (Å²) >= 11 is 0. The van der Waals surface area contributed by atoms with Crippen LogP contribution in [0.5, 0.6) is 11.5 Å². The smallest absolute Gasteiger partial charge is 0.128 e. The average molecular weight is 248 g/mol. The third-order valence-corrected chi connectivity index (χ3v) is 2.74. The third-order valence-electron chi connectivity index (χ3n) is 2.74. The van der Waals surface area contributed by atoms with Gasteiger partial charge in [-0.25, -0.2) is 4.98 Å². The normalized spacial score (nSPS) is 12.2. The number of hydrogen-bond acceptors (Lipinski definition) is 4. The van der Waals surface area contributed by atoms with Crippen molar-refractivity contribution in [2.75, 3.05) is 14.2 Å². The number of aromatic nitrogens is 2. The number of nitrogens with zero attached hydrogens (tertiary/aromatic N) is 2. The lowest BCUT2D eigenvalue weighted by Gasteiger charge is -2.16. The van der Waals surface area contributed by atoms with Gasteiger partial charge in [-0.3, -0.25) is 0 Å². The Kier molecular flexibility index (Phi) is 3.84. The van der Waals surface area contributed by atoms with Crippen LogP contribution in [-0.2, 0) is 6.54 Å². The van der Waals surface area contributed by atoms with Crippen LogP contribution in [0.15, 0.2) is 36.9 Å². The first kappa shape index (κ1) is 12.4. The van der Waals surface area contributed by atoms with Gasteiger partial charge in [0.1, 0.15) is 17.6 Å². The van der Waals surface area contributed by atoms with Crippen molar-refractivity contribution in [1.29, 1.82) is 0 Å². The van der Waals surface area contributed by atoms with Gasteiger partial charge < -0.3 is 19.1 Å². The Labute approximate surface area is 106 Å². The summed E-state index contributed by atoms with van der Waals surface area (Å²) < 4.78 is 12.2. The van der Waals surface area contributed by atoms with E-state index in [0.717, 1.165) is 5.56 Å². The number of imidazole rings is 1. The van der Waals surface area contributed by atoms with E-state index in [0.29, 0.717) is 18.0 Å². The molecule has 0 aliphatic heterocycles. The molecule has 0 aliphatic rings. The Morgan fingerprint density at radius 1 is 1.33 bits per heavy atom. The highest BCUT2D eigenvalue weighted by Gasteiger charge is 2.14. The van der Waals surface area contributed by atoms with Crippen LogP contribution >= 0.6 is 0 Å². The van der Waals surface area contributed by atoms with E-state index in [1.807, 2.05) is 4.57 Å². The molecule has 1 aromatic heterocycles. The van der Waals surface area contributed by atoms with E-state index in [4.69, 9.17) is 9.47 Å². The molecule has 1 aromatic carbocycles. The van der Waals surface area contributed by atoms with Gasteiger partial charge in [-0.2, -0.15) is 0 Å². The van der Waals surface area contributed by atoms with Crippen LogP contribution in [-0.4, -0.2) is 28.9 Å². The van der Waals surface area contributed by atoms with Crippen LogP contribution in [0.1, 0.15) is 11.7 Å². The molecule has 0 radical (unpaired) electrons. The highest BCUT2D eigenvalue weighted by Crippen LogP contribution is 2.30. The van der Waals surface area contributed by atoms with Crippen molar-refractivity contribution in [1.82, 2.24) is 9.55 Å². The molecule has 0 amide bonds. The summed E-state index contributed by atoms with van der Waals surface area (Å²) in [5.74, 6) is 1.31. The zero-order valence-corrected chi connectivity index (χ0v) is 10.4. The number of aliphatic hydroxyl groups excluding tert-OH is 1. The molecule has 0 saturated carbocycles. The molecule has 0 fully saturated rings. The molecule has 0 saturated heterocycles. The SMILES string of the molecule is COc1ccc(C(O)Cn2ccnc2)c(OC)c1. The summed E-state index contributed by atoms with van der Waals surface area (Å²) in [7, 11) is 3.17. The lowest BCUT2D eigenvalue weighted by Crippen LogP contribution is -2.08. The maximum absolute atomic E-state index is 10.2. The number of ether oxygens (including phenoxy) is 2. The third kappa shape index (κ3) is 2.62. The minimum atomic E-state index is -0.653. The molecule has 1 N–H and O–H groups in total. The molecule has 1 unspecified atom stereocenters. The Morgan fingerprint density at radius 3 is 2.78 bits per heavy atom. The molecular weight excluding hydrogens is 232 g/mol. The standard InChI is InChI=1S/C13H16N2O3/c1-17-10-3-4-11(13(7-10)18-2)12(16)8-15-6-5-14-9-15/h3-7,9,12,16H,8H2,1-2H3. The lowest BCUT2D eigenvalue weighted by atomic mass is 10.1. The van der Waals surface area contributed by atoms with E-state index < -0.39 is 6.10 Å². The summed E-state index contributed by atoms with van der Waals surface area (Å²) in [6.45, 7) is 0.433. The average Bonchev–Trinajstić information content (AvgIpc) is 2.90. The van der Waals surface area contributed by atoms with E-state index >= 15 is 0 Å². The molecule has 1 heterocycles. The number of benzene rings is 1. The van der Waals surface area contributed by atoms with E-state index in [2.05, 4.69) is 4.98 Å². The Morgan fingerprint density at radius 2 is 2.17 bits per heavy atom. The maximum Gasteiger partial charge on any atom is 0.128 e. The van der Waals surface area contributed by atoms with Gasteiger partial charge in [-0.15, -0.1) is 0 Å². The quantitative estimate of drug-likeness (QED) is 0.873. The van der Waals surface area contributed by atoms with E-state index in [1.165, 1.54) is 0 Å². The minimum Gasteiger partial charge on any atom is -0.497 e. The Balaban J connectivity index is 2.21. The first-order valence-corrected chi connectivity index (χ1v) is 5.60. The number of rotatable bonds is 5. The highest BCUT2D eigenvalue weighted by atomic mass is 16.5. The van der Waals surface area contributed by atoms with Gasteiger partial charge in [-0.1, -0.05) is 0 Å². The first-order valence-electron chi connectivity index (χ1n) is 5.60. The fraction of sp³-hybridized carbons (Fsp3) is 0.308. The summed E-state index contributed by atoms with van der Waals surface area (Å²) in [5.41, 5.74) is 0.729. The zero-order valence-electron chi connectivity index (χ0n) is 10.4. The van der Waals surface area contributed by atoms with Crippen LogP contribution in [0.2, 0.25) is 0 Å². The second kappa shape index (κ2) is 5.55. The lowest BCUT2D eigenvalue weighted by molar-refractivity contribution is 0.152. The second-order valence-corrected chi connectivity index (χ2v) is 3.88. The van der Waals surface area contributed by atoms with Gasteiger partial charge in [0.05, 0.1) is 27.1 Å². The van der Waals surface area contributed by atoms with Crippen molar-refractivity contribution in [3.8, 4) is 11.5 Å². The molecule has 0 aliphatic carbocycles. The fourth-order valence-corrected chi connectivity index (χ4v) is 1.79. The molecule has 1 atom stereocenters. The molecule has 5 heteroatoms. The van der Waals surface area contributed by atoms with Crippen LogP contribution < -0.4 is 9.47 Å². The number of aliphatic hydroxyl groups is 1. The van der Waals surface area contributed by atoms with Gasteiger partial charge in [0.2, 0.25) is 0 Å². The van der Waals surface area contributed by atoms with Gasteiger partial charge in [0.15, 0.2) is 0 Å². The van der Waals surface area contributed by atoms with Gasteiger partial charge in [0.25, 0.3) is 0 Å². The zero-order chi connectivity index (χ0) is 13.0. The van der Waals surface area contributed by atoms with Crippen molar-refractivity contribution < 1.29 is 14.6 Å². The van der Waals surface area contributed by atoms with E-state index in [-0.39, 0.29) is 0 Å². The topological polar surface area (TPSA) is 56.5 Å². The van der Waals surface area contributed by atoms with Crippen molar-refractivity contribution >= 4 is 0 Å². The van der Waals surface area contributed by atoms with Crippen molar-refractivity contribution in [3.05, 3.63) is 42.5 Å². The van der Waals surface area contributed by atoms with Crippen LogP contribution in [0, 0.1) is 0 Å². The Hall–Kier alpha value is -2.01. The van der Waals surface area contributed by atoms with Crippen molar-refractivity contribution in [2.45, 2.75) is 12.6 Å².